The lowest BCUT2D eigenvalue weighted by atomic mass is 9.97. The molecule has 20 heavy (non-hydrogen) atoms. The molecule has 2 unspecified atom stereocenters. The van der Waals surface area contributed by atoms with Gasteiger partial charge in [0, 0.05) is 20.3 Å². The molecule has 0 aliphatic carbocycles. The molecule has 5 nitrogen and oxygen atoms in total. The minimum atomic E-state index is -1.15. The van der Waals surface area contributed by atoms with E-state index in [2.05, 4.69) is 13.8 Å². The van der Waals surface area contributed by atoms with Crippen LogP contribution in [0.5, 0.6) is 0 Å². The van der Waals surface area contributed by atoms with Crippen molar-refractivity contribution in [1.29, 1.82) is 0 Å². The largest absolute Gasteiger partial charge is 0.382 e. The summed E-state index contributed by atoms with van der Waals surface area (Å²) >= 11 is 0. The molecule has 0 amide bonds. The molecule has 1 fully saturated rings. The molecule has 0 aromatic carbocycles. The van der Waals surface area contributed by atoms with Crippen molar-refractivity contribution in [3.8, 4) is 0 Å². The summed E-state index contributed by atoms with van der Waals surface area (Å²) in [5, 5.41) is 10.6. The lowest BCUT2D eigenvalue weighted by molar-refractivity contribution is -0.189. The normalized spacial score (nSPS) is 33.8. The van der Waals surface area contributed by atoms with Crippen LogP contribution in [0.15, 0.2) is 0 Å². The van der Waals surface area contributed by atoms with Gasteiger partial charge in [-0.2, -0.15) is 0 Å². The van der Waals surface area contributed by atoms with Crippen LogP contribution in [0.1, 0.15) is 46.5 Å². The summed E-state index contributed by atoms with van der Waals surface area (Å²) in [6, 6.07) is 0. The standard InChI is InChI=1S/C15H30O5/c1-5-7-9-18-11-12-13(19-10-8-6-2)15(3,16)14(17-4)20-12/h12-14,16H,5-11H2,1-4H3/t12-,13?,14-,15?/m1/s1. The van der Waals surface area contributed by atoms with Crippen LogP contribution < -0.4 is 0 Å². The Labute approximate surface area is 122 Å². The summed E-state index contributed by atoms with van der Waals surface area (Å²) in [5.74, 6) is 0. The summed E-state index contributed by atoms with van der Waals surface area (Å²) in [4.78, 5) is 0. The third kappa shape index (κ3) is 4.67. The van der Waals surface area contributed by atoms with Crippen LogP contribution in [0.2, 0.25) is 0 Å². The van der Waals surface area contributed by atoms with E-state index in [0.717, 1.165) is 25.7 Å². The maximum atomic E-state index is 10.6. The van der Waals surface area contributed by atoms with E-state index in [1.165, 1.54) is 7.11 Å². The molecule has 0 radical (unpaired) electrons. The van der Waals surface area contributed by atoms with Crippen molar-refractivity contribution in [2.45, 2.75) is 70.6 Å². The van der Waals surface area contributed by atoms with E-state index in [-0.39, 0.29) is 6.10 Å². The van der Waals surface area contributed by atoms with Gasteiger partial charge in [-0.3, -0.25) is 0 Å². The second kappa shape index (κ2) is 8.95. The predicted molar refractivity (Wildman–Crippen MR) is 76.7 cm³/mol. The highest BCUT2D eigenvalue weighted by Gasteiger charge is 2.54. The molecule has 120 valence electrons. The fourth-order valence-electron chi connectivity index (χ4n) is 2.38. The van der Waals surface area contributed by atoms with Gasteiger partial charge < -0.3 is 24.1 Å². The van der Waals surface area contributed by atoms with Crippen LogP contribution in [-0.2, 0) is 18.9 Å². The van der Waals surface area contributed by atoms with Crippen molar-refractivity contribution in [3.63, 3.8) is 0 Å². The van der Waals surface area contributed by atoms with E-state index in [1.54, 1.807) is 6.92 Å². The van der Waals surface area contributed by atoms with Gasteiger partial charge in [0.15, 0.2) is 6.29 Å². The Hall–Kier alpha value is -0.200. The molecule has 0 saturated carbocycles. The first kappa shape index (κ1) is 17.9. The molecule has 0 aromatic rings. The smallest absolute Gasteiger partial charge is 0.188 e. The molecule has 0 aromatic heterocycles. The second-order valence-corrected chi connectivity index (χ2v) is 5.54. The van der Waals surface area contributed by atoms with E-state index in [4.69, 9.17) is 18.9 Å². The molecule has 0 spiro atoms. The Morgan fingerprint density at radius 2 is 1.80 bits per heavy atom. The Bertz CT molecular complexity index is 257. The summed E-state index contributed by atoms with van der Waals surface area (Å²) in [6.45, 7) is 7.67. The molecule has 1 aliphatic heterocycles. The Morgan fingerprint density at radius 1 is 1.15 bits per heavy atom. The molecule has 1 rings (SSSR count). The Balaban J connectivity index is 2.54. The third-order valence-electron chi connectivity index (χ3n) is 3.62. The number of aliphatic hydroxyl groups is 1. The topological polar surface area (TPSA) is 57.2 Å². The molecule has 0 bridgehead atoms. The van der Waals surface area contributed by atoms with E-state index in [9.17, 15) is 5.11 Å². The maximum Gasteiger partial charge on any atom is 0.188 e. The van der Waals surface area contributed by atoms with Gasteiger partial charge in [-0.25, -0.2) is 0 Å². The maximum absolute atomic E-state index is 10.6. The van der Waals surface area contributed by atoms with Gasteiger partial charge >= 0.3 is 0 Å². The summed E-state index contributed by atoms with van der Waals surface area (Å²) < 4.78 is 22.4. The molecular formula is C15H30O5. The van der Waals surface area contributed by atoms with Gasteiger partial charge in [0.25, 0.3) is 0 Å². The van der Waals surface area contributed by atoms with Crippen molar-refractivity contribution >= 4 is 0 Å². The predicted octanol–water partition coefficient (Wildman–Crippen LogP) is 2.11. The van der Waals surface area contributed by atoms with Gasteiger partial charge in [-0.15, -0.1) is 0 Å². The second-order valence-electron chi connectivity index (χ2n) is 5.54. The van der Waals surface area contributed by atoms with Crippen LogP contribution in [0.25, 0.3) is 0 Å². The Kier molecular flexibility index (Phi) is 7.99. The zero-order valence-corrected chi connectivity index (χ0v) is 13.3. The van der Waals surface area contributed by atoms with E-state index in [1.807, 2.05) is 0 Å². The molecule has 1 heterocycles. The Morgan fingerprint density at radius 3 is 2.40 bits per heavy atom. The van der Waals surface area contributed by atoms with Crippen LogP contribution in [0, 0.1) is 0 Å². The van der Waals surface area contributed by atoms with Gasteiger partial charge in [0.1, 0.15) is 17.8 Å². The molecule has 4 atom stereocenters. The van der Waals surface area contributed by atoms with Gasteiger partial charge in [0.2, 0.25) is 0 Å². The minimum Gasteiger partial charge on any atom is -0.382 e. The van der Waals surface area contributed by atoms with Crippen molar-refractivity contribution in [1.82, 2.24) is 0 Å². The van der Waals surface area contributed by atoms with Crippen LogP contribution >= 0.6 is 0 Å². The first-order chi connectivity index (χ1) is 9.57. The quantitative estimate of drug-likeness (QED) is 0.625. The number of hydrogen-bond donors (Lipinski definition) is 1. The molecule has 1 aliphatic rings. The number of rotatable bonds is 10. The van der Waals surface area contributed by atoms with Crippen molar-refractivity contribution in [3.05, 3.63) is 0 Å². The monoisotopic (exact) mass is 290 g/mol. The van der Waals surface area contributed by atoms with Gasteiger partial charge in [0.05, 0.1) is 6.61 Å². The lowest BCUT2D eigenvalue weighted by Crippen LogP contribution is -2.48. The zero-order valence-electron chi connectivity index (χ0n) is 13.3. The number of hydrogen-bond acceptors (Lipinski definition) is 5. The van der Waals surface area contributed by atoms with Crippen LogP contribution in [-0.4, -0.2) is 56.1 Å². The molecule has 1 saturated heterocycles. The van der Waals surface area contributed by atoms with E-state index in [0.29, 0.717) is 19.8 Å². The first-order valence-electron chi connectivity index (χ1n) is 7.67. The van der Waals surface area contributed by atoms with Crippen molar-refractivity contribution in [2.75, 3.05) is 26.9 Å². The first-order valence-corrected chi connectivity index (χ1v) is 7.67. The third-order valence-corrected chi connectivity index (χ3v) is 3.62. The van der Waals surface area contributed by atoms with Crippen LogP contribution in [0.3, 0.4) is 0 Å². The lowest BCUT2D eigenvalue weighted by Gasteiger charge is -2.29. The number of ether oxygens (including phenoxy) is 4. The highest BCUT2D eigenvalue weighted by molar-refractivity contribution is 4.98. The summed E-state index contributed by atoms with van der Waals surface area (Å²) in [6.07, 6.45) is 2.77. The molecule has 1 N–H and O–H groups in total. The SMILES string of the molecule is CCCCOC[C@H]1O[C@@H](OC)C(C)(O)C1OCCCC. The van der Waals surface area contributed by atoms with E-state index < -0.39 is 18.0 Å². The number of unbranched alkanes of at least 4 members (excludes halogenated alkanes) is 2. The summed E-state index contributed by atoms with van der Waals surface area (Å²) in [7, 11) is 1.53. The zero-order chi connectivity index (χ0) is 15.0. The molecule has 5 heteroatoms. The number of methoxy groups -OCH3 is 1. The highest BCUT2D eigenvalue weighted by atomic mass is 16.7. The fraction of sp³-hybridized carbons (Fsp3) is 1.00. The minimum absolute atomic E-state index is 0.288. The fourth-order valence-corrected chi connectivity index (χ4v) is 2.38. The molecular weight excluding hydrogens is 260 g/mol. The van der Waals surface area contributed by atoms with Crippen molar-refractivity contribution < 1.29 is 24.1 Å². The van der Waals surface area contributed by atoms with E-state index >= 15 is 0 Å². The average Bonchev–Trinajstić information content (AvgIpc) is 2.66. The van der Waals surface area contributed by atoms with Gasteiger partial charge in [-0.1, -0.05) is 26.7 Å². The van der Waals surface area contributed by atoms with Crippen LogP contribution in [0.4, 0.5) is 0 Å². The average molecular weight is 290 g/mol. The summed E-state index contributed by atoms with van der Waals surface area (Å²) in [5.41, 5.74) is -1.15. The highest BCUT2D eigenvalue weighted by Crippen LogP contribution is 2.34. The van der Waals surface area contributed by atoms with Gasteiger partial charge in [-0.05, 0) is 19.8 Å². The van der Waals surface area contributed by atoms with Crippen molar-refractivity contribution in [2.24, 2.45) is 0 Å².